The first kappa shape index (κ1) is 14.7. The van der Waals surface area contributed by atoms with Gasteiger partial charge in [0.05, 0.1) is 0 Å². The van der Waals surface area contributed by atoms with E-state index in [1.165, 1.54) is 0 Å². The Balaban J connectivity index is 2.79. The van der Waals surface area contributed by atoms with E-state index in [4.69, 9.17) is 11.1 Å². The average Bonchev–Trinajstić information content (AvgIpc) is 2.20. The zero-order chi connectivity index (χ0) is 13.9. The summed E-state index contributed by atoms with van der Waals surface area (Å²) in [4.78, 5) is -0.245. The molecule has 0 saturated heterocycles. The lowest BCUT2D eigenvalue weighted by Crippen LogP contribution is -2.37. The maximum atomic E-state index is 13.2. The highest BCUT2D eigenvalue weighted by atomic mass is 32.2. The van der Waals surface area contributed by atoms with Gasteiger partial charge >= 0.3 is 6.18 Å². The lowest BCUT2D eigenvalue weighted by molar-refractivity contribution is -0.150. The summed E-state index contributed by atoms with van der Waals surface area (Å²) >= 11 is 0.469. The molecule has 0 saturated carbocycles. The number of nitrogens with two attached hydrogens (primary N) is 1. The zero-order valence-electron chi connectivity index (χ0n) is 8.89. The van der Waals surface area contributed by atoms with Crippen LogP contribution in [0.25, 0.3) is 0 Å². The minimum absolute atomic E-state index is 0.245. The van der Waals surface area contributed by atoms with Crippen molar-refractivity contribution in [3.8, 4) is 0 Å². The number of thioether (sulfide) groups is 1. The summed E-state index contributed by atoms with van der Waals surface area (Å²) in [7, 11) is 0. The van der Waals surface area contributed by atoms with Crippen LogP contribution in [0.2, 0.25) is 0 Å². The number of halogens is 5. The van der Waals surface area contributed by atoms with E-state index in [1.807, 2.05) is 0 Å². The van der Waals surface area contributed by atoms with Gasteiger partial charge in [-0.3, -0.25) is 5.41 Å². The monoisotopic (exact) mass is 284 g/mol. The minimum atomic E-state index is -4.68. The summed E-state index contributed by atoms with van der Waals surface area (Å²) in [5.74, 6) is -5.45. The van der Waals surface area contributed by atoms with Gasteiger partial charge in [-0.05, 0) is 18.2 Å². The molecule has 100 valence electrons. The summed E-state index contributed by atoms with van der Waals surface area (Å²) in [5.41, 5.74) is 4.84. The van der Waals surface area contributed by atoms with Crippen molar-refractivity contribution in [1.82, 2.24) is 0 Å². The predicted octanol–water partition coefficient (Wildman–Crippen LogP) is 3.17. The molecule has 1 unspecified atom stereocenters. The van der Waals surface area contributed by atoms with E-state index >= 15 is 0 Å². The maximum absolute atomic E-state index is 13.2. The second-order valence-corrected chi connectivity index (χ2v) is 4.50. The highest BCUT2D eigenvalue weighted by Crippen LogP contribution is 2.32. The second kappa shape index (κ2) is 5.55. The Morgan fingerprint density at radius 1 is 1.33 bits per heavy atom. The third kappa shape index (κ3) is 3.86. The molecule has 0 fully saturated rings. The van der Waals surface area contributed by atoms with Crippen LogP contribution in [0.3, 0.4) is 0 Å². The summed E-state index contributed by atoms with van der Waals surface area (Å²) in [6.45, 7) is 0. The van der Waals surface area contributed by atoms with Crippen molar-refractivity contribution in [2.75, 3.05) is 5.75 Å². The summed E-state index contributed by atoms with van der Waals surface area (Å²) in [6, 6.07) is 2.49. The molecule has 18 heavy (non-hydrogen) atoms. The van der Waals surface area contributed by atoms with Gasteiger partial charge in [0.25, 0.3) is 0 Å². The molecule has 0 amide bonds. The van der Waals surface area contributed by atoms with Gasteiger partial charge in [0.2, 0.25) is 0 Å². The van der Waals surface area contributed by atoms with Crippen LogP contribution in [-0.4, -0.2) is 17.8 Å². The Bertz CT molecular complexity index is 446. The fraction of sp³-hybridized carbons (Fsp3) is 0.300. The van der Waals surface area contributed by atoms with Crippen molar-refractivity contribution in [2.24, 2.45) is 11.7 Å². The summed E-state index contributed by atoms with van der Waals surface area (Å²) < 4.78 is 63.3. The Morgan fingerprint density at radius 2 is 1.94 bits per heavy atom. The standard InChI is InChI=1S/C10H9F5N2S/c11-5-1-2-7(12)8(3-5)18-4-6(9(16)17)10(13,14)15/h1-3,6H,4H2,(H3,16,17). The molecule has 0 heterocycles. The molecule has 2 nitrogen and oxygen atoms in total. The van der Waals surface area contributed by atoms with E-state index < -0.39 is 35.3 Å². The maximum Gasteiger partial charge on any atom is 0.399 e. The van der Waals surface area contributed by atoms with E-state index in [-0.39, 0.29) is 4.90 Å². The van der Waals surface area contributed by atoms with Crippen molar-refractivity contribution in [1.29, 1.82) is 5.41 Å². The van der Waals surface area contributed by atoms with E-state index in [0.717, 1.165) is 18.2 Å². The molecule has 1 rings (SSSR count). The van der Waals surface area contributed by atoms with Crippen LogP contribution in [0, 0.1) is 23.0 Å². The van der Waals surface area contributed by atoms with E-state index in [9.17, 15) is 22.0 Å². The van der Waals surface area contributed by atoms with Crippen LogP contribution in [0.4, 0.5) is 22.0 Å². The third-order valence-electron chi connectivity index (χ3n) is 2.07. The van der Waals surface area contributed by atoms with Gasteiger partial charge in [0.15, 0.2) is 0 Å². The fourth-order valence-electron chi connectivity index (χ4n) is 1.12. The van der Waals surface area contributed by atoms with Crippen molar-refractivity contribution in [3.05, 3.63) is 29.8 Å². The van der Waals surface area contributed by atoms with Gasteiger partial charge in [-0.2, -0.15) is 13.2 Å². The highest BCUT2D eigenvalue weighted by Gasteiger charge is 2.41. The summed E-state index contributed by atoms with van der Waals surface area (Å²) in [5, 5.41) is 6.85. The number of alkyl halides is 3. The molecule has 8 heteroatoms. The fourth-order valence-corrected chi connectivity index (χ4v) is 2.24. The molecule has 1 atom stereocenters. The Kier molecular flexibility index (Phi) is 4.55. The molecule has 0 aromatic heterocycles. The number of hydrogen-bond donors (Lipinski definition) is 2. The molecular formula is C10H9F5N2S. The lowest BCUT2D eigenvalue weighted by Gasteiger charge is -2.18. The lowest BCUT2D eigenvalue weighted by atomic mass is 10.1. The molecule has 0 aliphatic carbocycles. The van der Waals surface area contributed by atoms with Crippen molar-refractivity contribution >= 4 is 17.6 Å². The average molecular weight is 284 g/mol. The van der Waals surface area contributed by atoms with Crippen LogP contribution in [-0.2, 0) is 0 Å². The van der Waals surface area contributed by atoms with E-state index in [1.54, 1.807) is 0 Å². The molecule has 0 aliphatic rings. The van der Waals surface area contributed by atoms with E-state index in [0.29, 0.717) is 11.8 Å². The first-order valence-electron chi connectivity index (χ1n) is 4.70. The SMILES string of the molecule is N=C(N)C(CSc1cc(F)ccc1F)C(F)(F)F. The highest BCUT2D eigenvalue weighted by molar-refractivity contribution is 7.99. The largest absolute Gasteiger partial charge is 0.399 e. The normalized spacial score (nSPS) is 13.4. The van der Waals surface area contributed by atoms with Gasteiger partial charge in [-0.25, -0.2) is 8.78 Å². The number of nitrogens with one attached hydrogen (secondary N) is 1. The van der Waals surface area contributed by atoms with Gasteiger partial charge in [0, 0.05) is 10.6 Å². The topological polar surface area (TPSA) is 49.9 Å². The van der Waals surface area contributed by atoms with Crippen LogP contribution in [0.15, 0.2) is 23.1 Å². The van der Waals surface area contributed by atoms with Crippen molar-refractivity contribution in [2.45, 2.75) is 11.1 Å². The van der Waals surface area contributed by atoms with Crippen molar-refractivity contribution in [3.63, 3.8) is 0 Å². The van der Waals surface area contributed by atoms with Crippen LogP contribution >= 0.6 is 11.8 Å². The number of hydrogen-bond acceptors (Lipinski definition) is 2. The van der Waals surface area contributed by atoms with Crippen molar-refractivity contribution < 1.29 is 22.0 Å². The smallest absolute Gasteiger partial charge is 0.387 e. The molecule has 0 radical (unpaired) electrons. The molecular weight excluding hydrogens is 275 g/mol. The minimum Gasteiger partial charge on any atom is -0.387 e. The Labute approximate surface area is 104 Å². The quantitative estimate of drug-likeness (QED) is 0.386. The molecule has 0 spiro atoms. The molecule has 0 bridgehead atoms. The van der Waals surface area contributed by atoms with Gasteiger partial charge in [-0.15, -0.1) is 11.8 Å². The molecule has 1 aromatic rings. The predicted molar refractivity (Wildman–Crippen MR) is 58.5 cm³/mol. The Morgan fingerprint density at radius 3 is 2.44 bits per heavy atom. The first-order valence-corrected chi connectivity index (χ1v) is 5.69. The Hall–Kier alpha value is -1.31. The molecule has 3 N–H and O–H groups in total. The van der Waals surface area contributed by atoms with E-state index in [2.05, 4.69) is 0 Å². The third-order valence-corrected chi connectivity index (χ3v) is 3.19. The van der Waals surface area contributed by atoms with Gasteiger partial charge < -0.3 is 5.73 Å². The van der Waals surface area contributed by atoms with Crippen LogP contribution in [0.5, 0.6) is 0 Å². The van der Waals surface area contributed by atoms with Crippen LogP contribution in [0.1, 0.15) is 0 Å². The van der Waals surface area contributed by atoms with Gasteiger partial charge in [-0.1, -0.05) is 0 Å². The van der Waals surface area contributed by atoms with Crippen LogP contribution < -0.4 is 5.73 Å². The second-order valence-electron chi connectivity index (χ2n) is 3.44. The molecule has 1 aromatic carbocycles. The zero-order valence-corrected chi connectivity index (χ0v) is 9.71. The van der Waals surface area contributed by atoms with Gasteiger partial charge in [0.1, 0.15) is 23.4 Å². The number of rotatable bonds is 4. The molecule has 0 aliphatic heterocycles. The number of amidine groups is 1. The summed E-state index contributed by atoms with van der Waals surface area (Å²) in [6.07, 6.45) is -4.68. The first-order chi connectivity index (χ1) is 8.21. The number of benzene rings is 1.